The summed E-state index contributed by atoms with van der Waals surface area (Å²) in [5.74, 6) is 0. The molecule has 0 spiro atoms. The molecule has 0 saturated carbocycles. The van der Waals surface area contributed by atoms with Crippen LogP contribution in [0, 0.1) is 0 Å². The molecule has 1 N–H and O–H groups in total. The molecule has 0 bridgehead atoms. The van der Waals surface area contributed by atoms with Gasteiger partial charge < -0.3 is 0 Å². The molecule has 0 aliphatic heterocycles. The van der Waals surface area contributed by atoms with Crippen LogP contribution >= 0.6 is 0 Å². The summed E-state index contributed by atoms with van der Waals surface area (Å²) in [7, 11) is 0. The van der Waals surface area contributed by atoms with E-state index < -0.39 is 0 Å². The topological polar surface area (TPSA) is 54.5 Å². The van der Waals surface area contributed by atoms with E-state index in [1.54, 1.807) is 17.7 Å². The van der Waals surface area contributed by atoms with E-state index in [9.17, 15) is 0 Å². The number of aromatic nitrogens is 4. The fourth-order valence-electron chi connectivity index (χ4n) is 0.207. The normalized spacial score (nSPS) is 9.00. The fraction of sp³-hybridized carbons (Fsp3) is 0. The quantitative estimate of drug-likeness (QED) is 0.363. The van der Waals surface area contributed by atoms with Crippen LogP contribution in [-0.4, -0.2) is 38.3 Å². The molecule has 0 amide bonds. The van der Waals surface area contributed by atoms with Gasteiger partial charge in [0, 0.05) is 0 Å². The third kappa shape index (κ3) is 0.587. The molecule has 0 saturated heterocycles. The fourth-order valence-corrected chi connectivity index (χ4v) is 0.207. The second-order valence-electron chi connectivity index (χ2n) is 0.987. The molecule has 1 rings (SSSR count). The van der Waals surface area contributed by atoms with Crippen LogP contribution < -0.4 is 4.50 Å². The molecule has 0 aromatic carbocycles. The van der Waals surface area contributed by atoms with Crippen LogP contribution in [0.5, 0.6) is 0 Å². The van der Waals surface area contributed by atoms with Crippen LogP contribution in [0.4, 0.5) is 0 Å². The molecule has 26 valence electrons. The third-order valence-corrected chi connectivity index (χ3v) is 0.451. The molecule has 0 aliphatic carbocycles. The van der Waals surface area contributed by atoms with Crippen molar-refractivity contribution in [3.63, 3.8) is 0 Å². The molecule has 1 heterocycles. The predicted molar refractivity (Wildman–Crippen MR) is 19.6 cm³/mol. The van der Waals surface area contributed by atoms with Crippen LogP contribution in [0.2, 0.25) is 0 Å². The zero-order valence-corrected chi connectivity index (χ0v) is 3.34. The monoisotopic (exact) mass is 76.0 g/mol. The third-order valence-electron chi connectivity index (χ3n) is 0.451. The molecule has 0 aliphatic rings. The van der Waals surface area contributed by atoms with Gasteiger partial charge >= 0.3 is 42.8 Å². The number of aromatic amines is 1. The molecule has 0 unspecified atom stereocenters. The molecule has 4 nitrogen and oxygen atoms in total. The average molecular weight is 76.0 g/mol. The van der Waals surface area contributed by atoms with Crippen molar-refractivity contribution in [2.45, 2.75) is 0 Å². The Kier molecular flexibility index (Phi) is 0.905. The van der Waals surface area contributed by atoms with E-state index >= 15 is 0 Å². The van der Waals surface area contributed by atoms with E-state index in [1.807, 2.05) is 0 Å². The number of hydrogen-bond acceptors (Lipinski definition) is 3. The van der Waals surface area contributed by atoms with E-state index in [1.165, 1.54) is 0 Å². The first-order valence-corrected chi connectivity index (χ1v) is 1.60. The standard InChI is InChI=1S/CHN4.Li/c1-2-4-5-3-1;/h(H,2,3,4,5);. The first-order chi connectivity index (χ1) is 2.89. The summed E-state index contributed by atoms with van der Waals surface area (Å²) in [4.78, 5) is 0. The van der Waals surface area contributed by atoms with Gasteiger partial charge in [0.25, 0.3) is 0 Å². The summed E-state index contributed by atoms with van der Waals surface area (Å²) in [5.41, 5.74) is 0. The van der Waals surface area contributed by atoms with Gasteiger partial charge in [-0.25, -0.2) is 0 Å². The van der Waals surface area contributed by atoms with Crippen LogP contribution in [0.1, 0.15) is 0 Å². The summed E-state index contributed by atoms with van der Waals surface area (Å²) < 4.78 is 0.745. The number of rotatable bonds is 0. The molecule has 0 radical (unpaired) electrons. The maximum atomic E-state index is 3.50. The second kappa shape index (κ2) is 1.41. The van der Waals surface area contributed by atoms with E-state index in [4.69, 9.17) is 0 Å². The Morgan fingerprint density at radius 2 is 2.50 bits per heavy atom. The average Bonchev–Trinajstić information content (AvgIpc) is 1.86. The van der Waals surface area contributed by atoms with Gasteiger partial charge in [-0.15, -0.1) is 0 Å². The molecular weight excluding hydrogens is 75.0 g/mol. The Bertz CT molecular complexity index is 111. The molecule has 5 heteroatoms. The summed E-state index contributed by atoms with van der Waals surface area (Å²) in [6, 6.07) is 0. The molecule has 0 atom stereocenters. The van der Waals surface area contributed by atoms with Gasteiger partial charge in [-0.3, -0.25) is 0 Å². The summed E-state index contributed by atoms with van der Waals surface area (Å²) in [6.07, 6.45) is 0. The van der Waals surface area contributed by atoms with Crippen LogP contribution in [0.15, 0.2) is 0 Å². The van der Waals surface area contributed by atoms with Crippen molar-refractivity contribution >= 4 is 22.2 Å². The SMILES string of the molecule is [Li][c]1nnn[nH]1. The van der Waals surface area contributed by atoms with E-state index in [2.05, 4.69) is 20.6 Å². The van der Waals surface area contributed by atoms with Gasteiger partial charge in [-0.1, -0.05) is 0 Å². The van der Waals surface area contributed by atoms with Crippen molar-refractivity contribution in [2.75, 3.05) is 0 Å². The van der Waals surface area contributed by atoms with Gasteiger partial charge in [0.15, 0.2) is 0 Å². The van der Waals surface area contributed by atoms with Crippen molar-refractivity contribution < 1.29 is 0 Å². The second-order valence-corrected chi connectivity index (χ2v) is 0.987. The van der Waals surface area contributed by atoms with Gasteiger partial charge in [0.1, 0.15) is 0 Å². The molecule has 1 aromatic heterocycles. The number of nitrogens with one attached hydrogen (secondary N) is 1. The van der Waals surface area contributed by atoms with Gasteiger partial charge in [-0.05, 0) is 0 Å². The van der Waals surface area contributed by atoms with Gasteiger partial charge in [0.05, 0.1) is 0 Å². The Morgan fingerprint density at radius 3 is 2.67 bits per heavy atom. The van der Waals surface area contributed by atoms with Gasteiger partial charge in [-0.2, -0.15) is 0 Å². The minimum absolute atomic E-state index is 0.745. The molecule has 6 heavy (non-hydrogen) atoms. The zero-order valence-electron chi connectivity index (χ0n) is 3.34. The van der Waals surface area contributed by atoms with Crippen molar-refractivity contribution in [1.82, 2.24) is 20.6 Å². The van der Waals surface area contributed by atoms with Crippen molar-refractivity contribution in [3.8, 4) is 0 Å². The molecular formula is CHLiN4. The number of nitrogens with zero attached hydrogens (tertiary/aromatic N) is 3. The Hall–Kier alpha value is -0.333. The molecule has 0 fully saturated rings. The van der Waals surface area contributed by atoms with Crippen molar-refractivity contribution in [1.29, 1.82) is 0 Å². The Labute approximate surface area is 43.5 Å². The summed E-state index contributed by atoms with van der Waals surface area (Å²) >= 11 is 1.79. The number of tetrazole rings is 1. The summed E-state index contributed by atoms with van der Waals surface area (Å²) in [5, 5.41) is 12.6. The van der Waals surface area contributed by atoms with Crippen molar-refractivity contribution in [2.24, 2.45) is 0 Å². The van der Waals surface area contributed by atoms with E-state index in [0.29, 0.717) is 0 Å². The number of H-pyrrole nitrogens is 1. The predicted octanol–water partition coefficient (Wildman–Crippen LogP) is -2.01. The van der Waals surface area contributed by atoms with Crippen molar-refractivity contribution in [3.05, 3.63) is 0 Å². The summed E-state index contributed by atoms with van der Waals surface area (Å²) in [6.45, 7) is 0. The first kappa shape index (κ1) is 3.84. The first-order valence-electron chi connectivity index (χ1n) is 1.60. The van der Waals surface area contributed by atoms with E-state index in [-0.39, 0.29) is 0 Å². The number of hydrogen-bond donors (Lipinski definition) is 1. The minimum atomic E-state index is 0.745. The van der Waals surface area contributed by atoms with Crippen LogP contribution in [0.25, 0.3) is 0 Å². The Balaban J connectivity index is 3.05. The maximum absolute atomic E-state index is 3.50. The zero-order chi connectivity index (χ0) is 4.41. The van der Waals surface area contributed by atoms with E-state index in [0.717, 1.165) is 4.50 Å². The van der Waals surface area contributed by atoms with Crippen LogP contribution in [-0.2, 0) is 0 Å². The van der Waals surface area contributed by atoms with Gasteiger partial charge in [0.2, 0.25) is 0 Å². The Morgan fingerprint density at radius 1 is 1.67 bits per heavy atom. The van der Waals surface area contributed by atoms with Crippen LogP contribution in [0.3, 0.4) is 0 Å². The molecule has 1 aromatic rings.